The van der Waals surface area contributed by atoms with Crippen LogP contribution in [0.4, 0.5) is 16.2 Å². The zero-order valence-electron chi connectivity index (χ0n) is 21.0. The number of hydrogen-bond acceptors (Lipinski definition) is 10. The summed E-state index contributed by atoms with van der Waals surface area (Å²) in [7, 11) is 0. The summed E-state index contributed by atoms with van der Waals surface area (Å²) in [6.45, 7) is 1.65. The summed E-state index contributed by atoms with van der Waals surface area (Å²) in [6.07, 6.45) is 1.49. The van der Waals surface area contributed by atoms with Gasteiger partial charge in [-0.2, -0.15) is 0 Å². The number of Topliss-reactive ketones (excluding diaryl/α,β-unsaturated/α-hetero) is 1. The van der Waals surface area contributed by atoms with E-state index in [0.29, 0.717) is 41.0 Å². The number of carbonyl (C=O) groups excluding carboxylic acids is 3. The zero-order valence-corrected chi connectivity index (χ0v) is 21.8. The average Bonchev–Trinajstić information content (AvgIpc) is 3.20. The van der Waals surface area contributed by atoms with E-state index in [0.717, 1.165) is 4.90 Å². The molecule has 12 nitrogen and oxygen atoms in total. The average molecular weight is 564 g/mol. The van der Waals surface area contributed by atoms with Crippen molar-refractivity contribution in [1.29, 1.82) is 0 Å². The van der Waals surface area contributed by atoms with Gasteiger partial charge in [0, 0.05) is 29.8 Å². The van der Waals surface area contributed by atoms with Crippen molar-refractivity contribution in [3.8, 4) is 11.5 Å². The predicted octanol–water partition coefficient (Wildman–Crippen LogP) is 5.40. The number of carbonyl (C=O) groups is 3. The van der Waals surface area contributed by atoms with Crippen LogP contribution >= 0.6 is 11.8 Å². The highest BCUT2D eigenvalue weighted by Gasteiger charge is 2.36. The van der Waals surface area contributed by atoms with Crippen molar-refractivity contribution in [2.75, 3.05) is 13.2 Å². The lowest BCUT2D eigenvalue weighted by Gasteiger charge is -2.13. The summed E-state index contributed by atoms with van der Waals surface area (Å²) >= 11 is 0.685. The standard InChI is InChI=1S/C27H21N3O9S/c1-2-38-24-13-17(6-11-23(24)39-16-18-4-3-5-21(12-18)30(36)37)14-25-26(32)28(27(33)40-25)15-22(31)19-7-9-20(10-8-19)29(34)35/h3-14H,2,15-16H2,1H3/b25-14+. The predicted molar refractivity (Wildman–Crippen MR) is 145 cm³/mol. The molecule has 0 aromatic heterocycles. The van der Waals surface area contributed by atoms with Gasteiger partial charge < -0.3 is 9.47 Å². The van der Waals surface area contributed by atoms with Gasteiger partial charge in [-0.3, -0.25) is 39.5 Å². The molecule has 0 aliphatic carbocycles. The van der Waals surface area contributed by atoms with Crippen LogP contribution in [-0.2, 0) is 11.4 Å². The molecule has 1 fully saturated rings. The highest BCUT2D eigenvalue weighted by atomic mass is 32.2. The molecule has 0 unspecified atom stereocenters. The van der Waals surface area contributed by atoms with Crippen molar-refractivity contribution in [2.45, 2.75) is 13.5 Å². The Morgan fingerprint density at radius 3 is 2.33 bits per heavy atom. The van der Waals surface area contributed by atoms with E-state index < -0.39 is 33.3 Å². The summed E-state index contributed by atoms with van der Waals surface area (Å²) < 4.78 is 11.5. The number of non-ortho nitro benzene ring substituents is 2. The van der Waals surface area contributed by atoms with E-state index in [-0.39, 0.29) is 28.5 Å². The monoisotopic (exact) mass is 563 g/mol. The smallest absolute Gasteiger partial charge is 0.293 e. The molecule has 0 saturated carbocycles. The molecule has 0 atom stereocenters. The molecular formula is C27H21N3O9S. The number of benzene rings is 3. The van der Waals surface area contributed by atoms with Crippen LogP contribution in [0.25, 0.3) is 6.08 Å². The Morgan fingerprint density at radius 1 is 0.925 bits per heavy atom. The van der Waals surface area contributed by atoms with Gasteiger partial charge in [0.1, 0.15) is 6.61 Å². The van der Waals surface area contributed by atoms with Crippen LogP contribution in [0.3, 0.4) is 0 Å². The normalized spacial score (nSPS) is 13.9. The molecule has 40 heavy (non-hydrogen) atoms. The first-order valence-corrected chi connectivity index (χ1v) is 12.6. The second-order valence-electron chi connectivity index (χ2n) is 8.35. The number of imide groups is 1. The number of thioether (sulfide) groups is 1. The Hall–Kier alpha value is -5.04. The molecule has 0 spiro atoms. The molecule has 2 amide bonds. The number of hydrogen-bond donors (Lipinski definition) is 0. The number of ketones is 1. The van der Waals surface area contributed by atoms with E-state index in [1.807, 2.05) is 0 Å². The van der Waals surface area contributed by atoms with Crippen LogP contribution in [0.5, 0.6) is 11.5 Å². The van der Waals surface area contributed by atoms with Crippen molar-refractivity contribution >= 4 is 46.1 Å². The van der Waals surface area contributed by atoms with Gasteiger partial charge in [0.25, 0.3) is 22.5 Å². The summed E-state index contributed by atoms with van der Waals surface area (Å²) in [5.41, 5.74) is 1.04. The maximum Gasteiger partial charge on any atom is 0.293 e. The van der Waals surface area contributed by atoms with E-state index in [4.69, 9.17) is 9.47 Å². The van der Waals surface area contributed by atoms with E-state index in [1.54, 1.807) is 37.3 Å². The minimum Gasteiger partial charge on any atom is -0.490 e. The number of rotatable bonds is 11. The molecule has 1 saturated heterocycles. The maximum atomic E-state index is 12.9. The van der Waals surface area contributed by atoms with Gasteiger partial charge in [-0.15, -0.1) is 0 Å². The quantitative estimate of drug-likeness (QED) is 0.128. The van der Waals surface area contributed by atoms with Crippen molar-refractivity contribution in [2.24, 2.45) is 0 Å². The highest BCUT2D eigenvalue weighted by Crippen LogP contribution is 2.35. The van der Waals surface area contributed by atoms with E-state index in [1.165, 1.54) is 42.5 Å². The van der Waals surface area contributed by atoms with Crippen molar-refractivity contribution in [1.82, 2.24) is 4.90 Å². The molecule has 204 valence electrons. The largest absolute Gasteiger partial charge is 0.490 e. The van der Waals surface area contributed by atoms with Crippen molar-refractivity contribution in [3.05, 3.63) is 109 Å². The van der Waals surface area contributed by atoms with Crippen LogP contribution in [0.1, 0.15) is 28.4 Å². The minimum atomic E-state index is -0.644. The summed E-state index contributed by atoms with van der Waals surface area (Å²) in [5.74, 6) is -0.432. The van der Waals surface area contributed by atoms with Gasteiger partial charge in [-0.1, -0.05) is 18.2 Å². The van der Waals surface area contributed by atoms with Gasteiger partial charge in [-0.25, -0.2) is 0 Å². The van der Waals surface area contributed by atoms with Crippen molar-refractivity contribution < 1.29 is 33.7 Å². The topological polar surface area (TPSA) is 159 Å². The van der Waals surface area contributed by atoms with Gasteiger partial charge in [0.15, 0.2) is 17.3 Å². The molecule has 0 radical (unpaired) electrons. The minimum absolute atomic E-state index is 0.0510. The molecule has 3 aromatic carbocycles. The molecule has 4 rings (SSSR count). The molecule has 1 heterocycles. The first-order valence-electron chi connectivity index (χ1n) is 11.8. The Bertz CT molecular complexity index is 1540. The van der Waals surface area contributed by atoms with Gasteiger partial charge in [0.2, 0.25) is 0 Å². The third-order valence-corrected chi connectivity index (χ3v) is 6.56. The third kappa shape index (κ3) is 6.50. The van der Waals surface area contributed by atoms with Crippen LogP contribution in [0.2, 0.25) is 0 Å². The summed E-state index contributed by atoms with van der Waals surface area (Å²) in [6, 6.07) is 15.9. The van der Waals surface area contributed by atoms with E-state index >= 15 is 0 Å². The molecule has 3 aromatic rings. The molecular weight excluding hydrogens is 542 g/mol. The van der Waals surface area contributed by atoms with Crippen molar-refractivity contribution in [3.63, 3.8) is 0 Å². The van der Waals surface area contributed by atoms with Crippen LogP contribution in [0.15, 0.2) is 71.6 Å². The molecule has 1 aliphatic rings. The third-order valence-electron chi connectivity index (χ3n) is 5.66. The van der Waals surface area contributed by atoms with E-state index in [9.17, 15) is 34.6 Å². The molecule has 0 N–H and O–H groups in total. The number of nitro groups is 2. The Kier molecular flexibility index (Phi) is 8.54. The molecule has 13 heteroatoms. The van der Waals surface area contributed by atoms with Crippen LogP contribution in [0, 0.1) is 20.2 Å². The Morgan fingerprint density at radius 2 is 1.65 bits per heavy atom. The number of ether oxygens (including phenoxy) is 2. The summed E-state index contributed by atoms with van der Waals surface area (Å²) in [4.78, 5) is 59.7. The fourth-order valence-electron chi connectivity index (χ4n) is 3.71. The van der Waals surface area contributed by atoms with Crippen LogP contribution in [-0.4, -0.2) is 44.8 Å². The summed E-state index contributed by atoms with van der Waals surface area (Å²) in [5, 5.41) is 21.2. The second-order valence-corrected chi connectivity index (χ2v) is 9.34. The second kappa shape index (κ2) is 12.2. The van der Waals surface area contributed by atoms with Gasteiger partial charge in [0.05, 0.1) is 27.9 Å². The van der Waals surface area contributed by atoms with Gasteiger partial charge in [-0.05, 0) is 60.2 Å². The van der Waals surface area contributed by atoms with Gasteiger partial charge >= 0.3 is 0 Å². The molecule has 1 aliphatic heterocycles. The Labute approximate surface area is 231 Å². The van der Waals surface area contributed by atoms with Crippen LogP contribution < -0.4 is 9.47 Å². The van der Waals surface area contributed by atoms with E-state index in [2.05, 4.69) is 0 Å². The first-order chi connectivity index (χ1) is 19.2. The number of nitrogens with zero attached hydrogens (tertiary/aromatic N) is 3. The lowest BCUT2D eigenvalue weighted by Crippen LogP contribution is -2.33. The number of amides is 2. The number of nitro benzene ring substituents is 2. The first kappa shape index (κ1) is 28.0. The SMILES string of the molecule is CCOc1cc(/C=C2/SC(=O)N(CC(=O)c3ccc([N+](=O)[O-])cc3)C2=O)ccc1OCc1cccc([N+](=O)[O-])c1. The fraction of sp³-hybridized carbons (Fsp3) is 0.148. The molecule has 0 bridgehead atoms. The maximum absolute atomic E-state index is 12.9. The lowest BCUT2D eigenvalue weighted by molar-refractivity contribution is -0.385. The fourth-order valence-corrected chi connectivity index (χ4v) is 4.55. The Balaban J connectivity index is 1.47. The lowest BCUT2D eigenvalue weighted by atomic mass is 10.1. The highest BCUT2D eigenvalue weighted by molar-refractivity contribution is 8.18. The zero-order chi connectivity index (χ0) is 28.8.